The van der Waals surface area contributed by atoms with E-state index in [2.05, 4.69) is 0 Å². The first kappa shape index (κ1) is 17.5. The van der Waals surface area contributed by atoms with Crippen molar-refractivity contribution >= 4 is 11.8 Å². The van der Waals surface area contributed by atoms with Gasteiger partial charge in [0.05, 0.1) is 17.9 Å². The van der Waals surface area contributed by atoms with E-state index in [-0.39, 0.29) is 17.8 Å². The molecule has 1 heterocycles. The molecule has 0 amide bonds. The molecule has 0 bridgehead atoms. The van der Waals surface area contributed by atoms with Crippen LogP contribution in [-0.4, -0.2) is 31.1 Å². The van der Waals surface area contributed by atoms with Gasteiger partial charge in [-0.05, 0) is 25.8 Å². The highest BCUT2D eigenvalue weighted by Gasteiger charge is 2.34. The fourth-order valence-electron chi connectivity index (χ4n) is 3.06. The van der Waals surface area contributed by atoms with Gasteiger partial charge in [0.25, 0.3) is 0 Å². The summed E-state index contributed by atoms with van der Waals surface area (Å²) in [6, 6.07) is 0. The molecule has 0 aliphatic heterocycles. The first-order valence-corrected chi connectivity index (χ1v) is 7.82. The predicted molar refractivity (Wildman–Crippen MR) is 85.4 cm³/mol. The van der Waals surface area contributed by atoms with Crippen molar-refractivity contribution in [3.8, 4) is 0 Å². The molecule has 23 heavy (non-hydrogen) atoms. The van der Waals surface area contributed by atoms with Gasteiger partial charge in [-0.15, -0.1) is 0 Å². The average molecular weight is 320 g/mol. The molecule has 0 spiro atoms. The fourth-order valence-corrected chi connectivity index (χ4v) is 3.06. The topological polar surface area (TPSA) is 65.7 Å². The van der Waals surface area contributed by atoms with Crippen molar-refractivity contribution in [2.45, 2.75) is 52.7 Å². The lowest BCUT2D eigenvalue weighted by molar-refractivity contribution is -0.146. The summed E-state index contributed by atoms with van der Waals surface area (Å²) in [5.74, 6) is -0.211. The van der Waals surface area contributed by atoms with Crippen molar-refractivity contribution in [3.63, 3.8) is 0 Å². The molecule has 0 aromatic carbocycles. The highest BCUT2D eigenvalue weighted by molar-refractivity contribution is 6.02. The van der Waals surface area contributed by atoms with Crippen LogP contribution in [0, 0.1) is 12.8 Å². The molecule has 1 aliphatic carbocycles. The van der Waals surface area contributed by atoms with Crippen LogP contribution >= 0.6 is 0 Å². The molecule has 0 unspecified atom stereocenters. The van der Waals surface area contributed by atoms with Crippen LogP contribution in [-0.2, 0) is 20.7 Å². The molecule has 1 aliphatic rings. The number of allylic oxidation sites excluding steroid dienone is 1. The highest BCUT2D eigenvalue weighted by atomic mass is 16.5. The second kappa shape index (κ2) is 7.13. The van der Waals surface area contributed by atoms with Crippen LogP contribution in [0.1, 0.15) is 48.9 Å². The number of furan rings is 1. The van der Waals surface area contributed by atoms with Crippen molar-refractivity contribution in [3.05, 3.63) is 34.8 Å². The minimum Gasteiger partial charge on any atom is -0.468 e. The Bertz CT molecular complexity index is 625. The standard InChI is InChI=1S/C18H24O5/c1-10-6-14(21-5)8-11(2)18(23-13(4)19)17(20)16-12(3)9-22-15(16)7-10/h6,9,11,14,18H,7-8H2,1-5H3/b10-6-/t11-,14+,18-/m1/s1. The third kappa shape index (κ3) is 3.91. The van der Waals surface area contributed by atoms with E-state index in [4.69, 9.17) is 13.9 Å². The summed E-state index contributed by atoms with van der Waals surface area (Å²) in [5.41, 5.74) is 2.39. The number of carbonyl (C=O) groups is 2. The smallest absolute Gasteiger partial charge is 0.303 e. The quantitative estimate of drug-likeness (QED) is 0.618. The van der Waals surface area contributed by atoms with Gasteiger partial charge in [-0.1, -0.05) is 18.6 Å². The van der Waals surface area contributed by atoms with Crippen molar-refractivity contribution in [2.75, 3.05) is 7.11 Å². The molecule has 0 radical (unpaired) electrons. The number of methoxy groups -OCH3 is 1. The number of hydrogen-bond acceptors (Lipinski definition) is 5. The third-order valence-electron chi connectivity index (χ3n) is 4.18. The van der Waals surface area contributed by atoms with E-state index in [0.29, 0.717) is 24.2 Å². The van der Waals surface area contributed by atoms with Crippen LogP contribution in [0.2, 0.25) is 0 Å². The van der Waals surface area contributed by atoms with E-state index in [1.54, 1.807) is 13.4 Å². The average Bonchev–Trinajstić information content (AvgIpc) is 2.82. The number of Topliss-reactive ketones (excluding diaryl/α,β-unsaturated/α-hetero) is 1. The Labute approximate surface area is 136 Å². The molecule has 5 nitrogen and oxygen atoms in total. The van der Waals surface area contributed by atoms with Crippen LogP contribution < -0.4 is 0 Å². The Morgan fingerprint density at radius 2 is 2.04 bits per heavy atom. The van der Waals surface area contributed by atoms with Crippen LogP contribution in [0.3, 0.4) is 0 Å². The molecule has 126 valence electrons. The van der Waals surface area contributed by atoms with Crippen molar-refractivity contribution in [2.24, 2.45) is 5.92 Å². The maximum absolute atomic E-state index is 13.0. The number of ketones is 1. The Morgan fingerprint density at radius 1 is 1.35 bits per heavy atom. The maximum atomic E-state index is 13.0. The second-order valence-electron chi connectivity index (χ2n) is 6.29. The van der Waals surface area contributed by atoms with Crippen molar-refractivity contribution < 1.29 is 23.5 Å². The molecule has 0 N–H and O–H groups in total. The summed E-state index contributed by atoms with van der Waals surface area (Å²) in [7, 11) is 1.64. The van der Waals surface area contributed by atoms with Crippen LogP contribution in [0.15, 0.2) is 22.3 Å². The van der Waals surface area contributed by atoms with E-state index < -0.39 is 12.1 Å². The molecule has 2 rings (SSSR count). The Kier molecular flexibility index (Phi) is 5.42. The summed E-state index contributed by atoms with van der Waals surface area (Å²) in [4.78, 5) is 24.4. The Hall–Kier alpha value is -1.88. The fraction of sp³-hybridized carbons (Fsp3) is 0.556. The van der Waals surface area contributed by atoms with E-state index in [0.717, 1.165) is 11.1 Å². The lowest BCUT2D eigenvalue weighted by atomic mass is 9.87. The van der Waals surface area contributed by atoms with Gasteiger partial charge in [0, 0.05) is 26.4 Å². The number of ether oxygens (including phenoxy) is 2. The van der Waals surface area contributed by atoms with Gasteiger partial charge in [0.2, 0.25) is 5.78 Å². The minimum absolute atomic E-state index is 0.131. The third-order valence-corrected chi connectivity index (χ3v) is 4.18. The largest absolute Gasteiger partial charge is 0.468 e. The van der Waals surface area contributed by atoms with Gasteiger partial charge in [-0.2, -0.15) is 0 Å². The van der Waals surface area contributed by atoms with Gasteiger partial charge in [-0.25, -0.2) is 0 Å². The van der Waals surface area contributed by atoms with Gasteiger partial charge < -0.3 is 13.9 Å². The highest BCUT2D eigenvalue weighted by Crippen LogP contribution is 2.28. The minimum atomic E-state index is -0.827. The van der Waals surface area contributed by atoms with Gasteiger partial charge in [0.15, 0.2) is 6.10 Å². The zero-order valence-corrected chi connectivity index (χ0v) is 14.3. The number of esters is 1. The summed E-state index contributed by atoms with van der Waals surface area (Å²) >= 11 is 0. The van der Waals surface area contributed by atoms with Crippen molar-refractivity contribution in [1.29, 1.82) is 0 Å². The molecule has 1 aromatic heterocycles. The summed E-state index contributed by atoms with van der Waals surface area (Å²) in [6.45, 7) is 7.05. The number of rotatable bonds is 2. The maximum Gasteiger partial charge on any atom is 0.303 e. The first-order valence-electron chi connectivity index (χ1n) is 7.82. The van der Waals surface area contributed by atoms with Crippen LogP contribution in [0.25, 0.3) is 0 Å². The van der Waals surface area contributed by atoms with E-state index in [9.17, 15) is 9.59 Å². The monoisotopic (exact) mass is 320 g/mol. The van der Waals surface area contributed by atoms with Crippen molar-refractivity contribution in [1.82, 2.24) is 0 Å². The molecule has 0 fully saturated rings. The Balaban J connectivity index is 2.50. The predicted octanol–water partition coefficient (Wildman–Crippen LogP) is 3.25. The van der Waals surface area contributed by atoms with Gasteiger partial charge >= 0.3 is 5.97 Å². The summed E-state index contributed by atoms with van der Waals surface area (Å²) < 4.78 is 16.4. The Morgan fingerprint density at radius 3 is 2.65 bits per heavy atom. The zero-order chi connectivity index (χ0) is 17.1. The second-order valence-corrected chi connectivity index (χ2v) is 6.29. The number of carbonyl (C=O) groups excluding carboxylic acids is 2. The van der Waals surface area contributed by atoms with E-state index >= 15 is 0 Å². The molecule has 1 aromatic rings. The van der Waals surface area contributed by atoms with Crippen LogP contribution in [0.4, 0.5) is 0 Å². The van der Waals surface area contributed by atoms with Crippen LogP contribution in [0.5, 0.6) is 0 Å². The SMILES string of the molecule is CO[C@H]1/C=C(/C)Cc2occ(C)c2C(=O)[C@H](OC(C)=O)[C@H](C)C1. The lowest BCUT2D eigenvalue weighted by Gasteiger charge is -2.26. The molecule has 0 saturated carbocycles. The molecular weight excluding hydrogens is 296 g/mol. The van der Waals surface area contributed by atoms with Gasteiger partial charge in [0.1, 0.15) is 5.76 Å². The molecular formula is C18H24O5. The number of fused-ring (bicyclic) bond motifs is 1. The number of aryl methyl sites for hydroxylation is 1. The summed E-state index contributed by atoms with van der Waals surface area (Å²) in [6.07, 6.45) is 3.80. The van der Waals surface area contributed by atoms with E-state index in [1.165, 1.54) is 6.92 Å². The zero-order valence-electron chi connectivity index (χ0n) is 14.3. The molecule has 5 heteroatoms. The number of hydrogen-bond donors (Lipinski definition) is 0. The summed E-state index contributed by atoms with van der Waals surface area (Å²) in [5, 5.41) is 0. The van der Waals surface area contributed by atoms with Gasteiger partial charge in [-0.3, -0.25) is 9.59 Å². The normalized spacial score (nSPS) is 27.8. The lowest BCUT2D eigenvalue weighted by Crippen LogP contribution is -2.35. The molecule has 3 atom stereocenters. The first-order chi connectivity index (χ1) is 10.8. The molecule has 0 saturated heterocycles. The van der Waals surface area contributed by atoms with E-state index in [1.807, 2.05) is 26.8 Å².